The Balaban J connectivity index is 1.72. The van der Waals surface area contributed by atoms with Crippen molar-refractivity contribution >= 4 is 0 Å². The molecule has 98 valence electrons. The molecule has 3 heteroatoms. The van der Waals surface area contributed by atoms with E-state index in [1.165, 1.54) is 24.0 Å². The number of nitrogens with one attached hydrogen (secondary N) is 1. The van der Waals surface area contributed by atoms with Crippen LogP contribution in [0.4, 0.5) is 0 Å². The van der Waals surface area contributed by atoms with Crippen LogP contribution in [0.3, 0.4) is 0 Å². The van der Waals surface area contributed by atoms with Crippen molar-refractivity contribution in [2.24, 2.45) is 0 Å². The van der Waals surface area contributed by atoms with Gasteiger partial charge in [-0.25, -0.2) is 0 Å². The molecule has 0 bridgehead atoms. The number of morpholine rings is 1. The minimum Gasteiger partial charge on any atom is -0.378 e. The van der Waals surface area contributed by atoms with E-state index in [2.05, 4.69) is 29.6 Å². The first-order valence-corrected chi connectivity index (χ1v) is 6.78. The number of rotatable bonds is 4. The van der Waals surface area contributed by atoms with Crippen molar-refractivity contribution in [1.29, 1.82) is 0 Å². The Hall–Kier alpha value is -0.900. The Morgan fingerprint density at radius 3 is 3.00 bits per heavy atom. The standard InChI is InChI=1S/C15H21NO2/c1-17-15(5-6-15)10-12-3-2-4-13(9-12)14-11-16-7-8-18-14/h2-4,9,14,16H,5-8,10-11H2,1H3. The van der Waals surface area contributed by atoms with Crippen LogP contribution in [-0.2, 0) is 15.9 Å². The van der Waals surface area contributed by atoms with Crippen molar-refractivity contribution < 1.29 is 9.47 Å². The Bertz CT molecular complexity index is 409. The molecule has 3 nitrogen and oxygen atoms in total. The zero-order chi connectivity index (χ0) is 12.4. The number of ether oxygens (including phenoxy) is 2. The van der Waals surface area contributed by atoms with Gasteiger partial charge in [0.05, 0.1) is 18.3 Å². The van der Waals surface area contributed by atoms with E-state index in [9.17, 15) is 0 Å². The van der Waals surface area contributed by atoms with Gasteiger partial charge in [-0.1, -0.05) is 24.3 Å². The van der Waals surface area contributed by atoms with E-state index in [-0.39, 0.29) is 11.7 Å². The van der Waals surface area contributed by atoms with Gasteiger partial charge < -0.3 is 14.8 Å². The molecule has 2 fully saturated rings. The molecule has 0 aromatic heterocycles. The van der Waals surface area contributed by atoms with Crippen LogP contribution in [-0.4, -0.2) is 32.4 Å². The van der Waals surface area contributed by atoms with Crippen LogP contribution in [0.2, 0.25) is 0 Å². The SMILES string of the molecule is COC1(Cc2cccc(C3CNCCO3)c2)CC1. The molecule has 0 amide bonds. The Kier molecular flexibility index (Phi) is 3.37. The van der Waals surface area contributed by atoms with Crippen molar-refractivity contribution in [1.82, 2.24) is 5.32 Å². The van der Waals surface area contributed by atoms with Crippen molar-refractivity contribution in [2.45, 2.75) is 31.0 Å². The van der Waals surface area contributed by atoms with Crippen LogP contribution < -0.4 is 5.32 Å². The zero-order valence-electron chi connectivity index (χ0n) is 10.9. The Morgan fingerprint density at radius 2 is 2.33 bits per heavy atom. The van der Waals surface area contributed by atoms with Crippen molar-refractivity contribution in [2.75, 3.05) is 26.8 Å². The maximum atomic E-state index is 5.80. The largest absolute Gasteiger partial charge is 0.378 e. The van der Waals surface area contributed by atoms with Gasteiger partial charge in [0.25, 0.3) is 0 Å². The summed E-state index contributed by atoms with van der Waals surface area (Å²) in [4.78, 5) is 0. The lowest BCUT2D eigenvalue weighted by Gasteiger charge is -2.24. The van der Waals surface area contributed by atoms with Crippen LogP contribution in [0, 0.1) is 0 Å². The number of hydrogen-bond donors (Lipinski definition) is 1. The molecule has 1 aliphatic heterocycles. The summed E-state index contributed by atoms with van der Waals surface area (Å²) in [6.07, 6.45) is 3.61. The zero-order valence-corrected chi connectivity index (χ0v) is 10.9. The monoisotopic (exact) mass is 247 g/mol. The fourth-order valence-electron chi connectivity index (χ4n) is 2.65. The normalized spacial score (nSPS) is 25.9. The molecule has 1 unspecified atom stereocenters. The van der Waals surface area contributed by atoms with E-state index in [1.807, 2.05) is 7.11 Å². The molecule has 1 atom stereocenters. The molecule has 1 aliphatic carbocycles. The van der Waals surface area contributed by atoms with E-state index < -0.39 is 0 Å². The van der Waals surface area contributed by atoms with Gasteiger partial charge in [-0.05, 0) is 24.0 Å². The lowest BCUT2D eigenvalue weighted by atomic mass is 10.0. The first kappa shape index (κ1) is 12.2. The maximum Gasteiger partial charge on any atom is 0.0949 e. The summed E-state index contributed by atoms with van der Waals surface area (Å²) in [5.74, 6) is 0. The van der Waals surface area contributed by atoms with Gasteiger partial charge in [-0.2, -0.15) is 0 Å². The van der Waals surface area contributed by atoms with E-state index in [0.717, 1.165) is 26.1 Å². The van der Waals surface area contributed by atoms with Crippen LogP contribution in [0.15, 0.2) is 24.3 Å². The minimum absolute atomic E-state index is 0.129. The molecule has 1 N–H and O–H groups in total. The van der Waals surface area contributed by atoms with Crippen LogP contribution in [0.25, 0.3) is 0 Å². The number of hydrogen-bond acceptors (Lipinski definition) is 3. The van der Waals surface area contributed by atoms with Gasteiger partial charge in [-0.3, -0.25) is 0 Å². The second kappa shape index (κ2) is 5.00. The molecular weight excluding hydrogens is 226 g/mol. The highest BCUT2D eigenvalue weighted by Crippen LogP contribution is 2.42. The third-order valence-electron chi connectivity index (χ3n) is 4.02. The second-order valence-corrected chi connectivity index (χ2v) is 5.37. The summed E-state index contributed by atoms with van der Waals surface area (Å²) in [7, 11) is 1.82. The summed E-state index contributed by atoms with van der Waals surface area (Å²) < 4.78 is 11.4. The highest BCUT2D eigenvalue weighted by molar-refractivity contribution is 5.28. The summed E-state index contributed by atoms with van der Waals surface area (Å²) in [6.45, 7) is 2.68. The highest BCUT2D eigenvalue weighted by Gasteiger charge is 2.42. The number of benzene rings is 1. The molecule has 1 aromatic carbocycles. The van der Waals surface area contributed by atoms with Crippen molar-refractivity contribution in [3.63, 3.8) is 0 Å². The Morgan fingerprint density at radius 1 is 1.44 bits per heavy atom. The third-order valence-corrected chi connectivity index (χ3v) is 4.02. The first-order chi connectivity index (χ1) is 8.81. The van der Waals surface area contributed by atoms with Crippen LogP contribution in [0.5, 0.6) is 0 Å². The Labute approximate surface area is 108 Å². The molecule has 1 saturated carbocycles. The molecule has 1 aromatic rings. The molecule has 18 heavy (non-hydrogen) atoms. The fraction of sp³-hybridized carbons (Fsp3) is 0.600. The quantitative estimate of drug-likeness (QED) is 0.883. The molecule has 2 aliphatic rings. The predicted octanol–water partition coefficient (Wildman–Crippen LogP) is 2.07. The smallest absolute Gasteiger partial charge is 0.0949 e. The summed E-state index contributed by atoms with van der Waals surface area (Å²) in [6, 6.07) is 8.76. The molecular formula is C15H21NO2. The predicted molar refractivity (Wildman–Crippen MR) is 70.7 cm³/mol. The van der Waals surface area contributed by atoms with Gasteiger partial charge in [0.1, 0.15) is 0 Å². The number of methoxy groups -OCH3 is 1. The van der Waals surface area contributed by atoms with E-state index in [1.54, 1.807) is 0 Å². The molecule has 0 spiro atoms. The minimum atomic E-state index is 0.129. The van der Waals surface area contributed by atoms with Crippen molar-refractivity contribution in [3.8, 4) is 0 Å². The summed E-state index contributed by atoms with van der Waals surface area (Å²) in [5.41, 5.74) is 2.78. The average Bonchev–Trinajstić information content (AvgIpc) is 3.20. The maximum absolute atomic E-state index is 5.80. The molecule has 1 heterocycles. The topological polar surface area (TPSA) is 30.5 Å². The highest BCUT2D eigenvalue weighted by atomic mass is 16.5. The fourth-order valence-corrected chi connectivity index (χ4v) is 2.65. The summed E-state index contributed by atoms with van der Waals surface area (Å²) in [5, 5.41) is 3.37. The average molecular weight is 247 g/mol. The van der Waals surface area contributed by atoms with Crippen LogP contribution in [0.1, 0.15) is 30.1 Å². The van der Waals surface area contributed by atoms with E-state index in [0.29, 0.717) is 0 Å². The van der Waals surface area contributed by atoms with E-state index >= 15 is 0 Å². The molecule has 0 radical (unpaired) electrons. The lowest BCUT2D eigenvalue weighted by Crippen LogP contribution is -2.33. The van der Waals surface area contributed by atoms with Gasteiger partial charge in [0.2, 0.25) is 0 Å². The van der Waals surface area contributed by atoms with Gasteiger partial charge >= 0.3 is 0 Å². The van der Waals surface area contributed by atoms with Crippen molar-refractivity contribution in [3.05, 3.63) is 35.4 Å². The first-order valence-electron chi connectivity index (χ1n) is 6.78. The lowest BCUT2D eigenvalue weighted by molar-refractivity contribution is 0.0275. The summed E-state index contributed by atoms with van der Waals surface area (Å²) >= 11 is 0. The molecule has 1 saturated heterocycles. The van der Waals surface area contributed by atoms with Gasteiger partial charge in [-0.15, -0.1) is 0 Å². The van der Waals surface area contributed by atoms with E-state index in [4.69, 9.17) is 9.47 Å². The molecule has 3 rings (SSSR count). The van der Waals surface area contributed by atoms with Gasteiger partial charge in [0.15, 0.2) is 0 Å². The third kappa shape index (κ3) is 2.58. The van der Waals surface area contributed by atoms with Gasteiger partial charge in [0, 0.05) is 26.6 Å². The second-order valence-electron chi connectivity index (χ2n) is 5.37. The van der Waals surface area contributed by atoms with Crippen LogP contribution >= 0.6 is 0 Å².